The van der Waals surface area contributed by atoms with Crippen molar-refractivity contribution in [2.45, 2.75) is 288 Å². The molecule has 37 nitrogen and oxygen atoms in total. The predicted molar refractivity (Wildman–Crippen MR) is 466 cm³/mol. The van der Waals surface area contributed by atoms with Gasteiger partial charge in [-0.1, -0.05) is 133 Å². The van der Waals surface area contributed by atoms with Gasteiger partial charge in [-0.05, 0) is 152 Å². The van der Waals surface area contributed by atoms with Gasteiger partial charge in [-0.25, -0.2) is 0 Å². The van der Waals surface area contributed by atoms with Gasteiger partial charge in [-0.2, -0.15) is 0 Å². The number of allylic oxidation sites excluding steroid dienone is 2. The first-order valence-corrected chi connectivity index (χ1v) is 42.7. The largest absolute Gasteiger partial charge is 0.508 e. The lowest BCUT2D eigenvalue weighted by atomic mass is 9.78. The second kappa shape index (κ2) is 50.8. The standard InChI is InChI=1S/C88H126N16O21.CH4/c1-49(2)41-65(96-54(7)107)81(120)102-72(53(6)106)84(123)99-67(43-56-25-18-17-19-26-56)83(122)104-88(9)40-23-16-14-12-10-11-13-15-22-39-87(8,86(125)101-69(48-105)82(121)95-52(5)76(115)94-51(4)75(90)114)103-77(116)59(42-55-27-24-28-55)47-92-63(35-37-70(89)109)74(113)73(112)50(3)93-79(118)68(45-58-46-91-62-30-21-20-29-61(58)62)98-80(119)66(44-57-31-33-60(108)34-32-57)97-78(117)64(100-85(88)124)36-38-71(110)111;/h11,13,17-21,25-26,29-34,46,49-53,55,59,63-69,72,91-92,105-106,108H,10,12,14-16,22-24,27-28,35-45,47-48H2,1-9H3,(H2,89,109)(H2,90,114)(H,93,118)(H,94,115)(H,95,121)(H,96,107)(H,97,117)(H,98,119)(H,99,123)(H,100,124)(H,101,125)(H,102,120)(H,103,116)(H,104,122)(H,110,111);1H4/b13-11+;/t50-,51?,52-,53+,59+,63-,64-,65-,66?,67-,68-,69?,72-,87-,88+;/m0./s1. The van der Waals surface area contributed by atoms with Gasteiger partial charge < -0.3 is 106 Å². The molecule has 0 radical (unpaired) electrons. The molecule has 1 aliphatic carbocycles. The molecule has 0 spiro atoms. The Kier molecular flexibility index (Phi) is 42.2. The number of rotatable bonds is 32. The van der Waals surface area contributed by atoms with Crippen LogP contribution in [0.3, 0.4) is 0 Å². The Bertz CT molecular complexity index is 4460. The molecule has 3 unspecified atom stereocenters. The number of aliphatic hydroxyl groups is 2. The smallest absolute Gasteiger partial charge is 0.303 e. The third-order valence-corrected chi connectivity index (χ3v) is 22.4. The number of fused-ring (bicyclic) bond motifs is 1. The Labute approximate surface area is 734 Å². The minimum atomic E-state index is -2.07. The van der Waals surface area contributed by atoms with Gasteiger partial charge in [-0.3, -0.25) is 81.5 Å². The summed E-state index contributed by atoms with van der Waals surface area (Å²) in [6, 6.07) is 3.71. The van der Waals surface area contributed by atoms with Crippen molar-refractivity contribution >= 4 is 111 Å². The highest BCUT2D eigenvalue weighted by molar-refractivity contribution is 6.41. The van der Waals surface area contributed by atoms with Crippen LogP contribution in [0.2, 0.25) is 0 Å². The molecule has 14 amide bonds. The molecule has 6 rings (SSSR count). The van der Waals surface area contributed by atoms with Crippen molar-refractivity contribution < 1.29 is 102 Å². The van der Waals surface area contributed by atoms with Gasteiger partial charge in [0.05, 0.1) is 30.7 Å². The van der Waals surface area contributed by atoms with E-state index in [-0.39, 0.29) is 89.3 Å². The highest BCUT2D eigenvalue weighted by Crippen LogP contribution is 2.33. The van der Waals surface area contributed by atoms with E-state index in [9.17, 15) is 73.2 Å². The quantitative estimate of drug-likeness (QED) is 0.0241. The summed E-state index contributed by atoms with van der Waals surface area (Å²) in [4.78, 5) is 243. The maximum atomic E-state index is 15.5. The van der Waals surface area contributed by atoms with E-state index in [1.54, 1.807) is 74.6 Å². The van der Waals surface area contributed by atoms with Crippen LogP contribution in [0, 0.1) is 17.8 Å². The predicted octanol–water partition coefficient (Wildman–Crippen LogP) is 1.23. The fraction of sp³-hybridized carbons (Fsp3) is 0.562. The minimum Gasteiger partial charge on any atom is -0.508 e. The number of aliphatic hydroxyl groups excluding tert-OH is 2. The number of phenols is 1. The SMILES string of the molecule is C.CC(=O)N[C@@H](CC(C)C)C(=O)N[C@H](C(=O)N[C@@H](Cc1ccccc1)C(=O)N[C@]1(C)CCCCCC/C=C/CCC[C@@](C)(C(=O)NC(CO)C(=O)N[C@@H](C)C(=O)NC(C)C(N)=O)NC(=O)[C@H](CC2CCC2)CN[C@@H](CCC(N)=O)C(=O)C(=O)[C@H](C)NC(=O)[C@H](Cc2c[nH]c3ccccc23)NC(=O)C(Cc2ccc(O)cc2)NC(=O)[C@H](CCC(=O)O)NC1=O)[C@@H](C)O. The fourth-order valence-corrected chi connectivity index (χ4v) is 14.6. The summed E-state index contributed by atoms with van der Waals surface area (Å²) < 4.78 is 0. The van der Waals surface area contributed by atoms with E-state index in [1.807, 2.05) is 12.2 Å². The highest BCUT2D eigenvalue weighted by Gasteiger charge is 2.44. The molecule has 22 N–H and O–H groups in total. The van der Waals surface area contributed by atoms with Crippen LogP contribution in [0.25, 0.3) is 10.9 Å². The Hall–Kier alpha value is -12.0. The van der Waals surface area contributed by atoms with Gasteiger partial charge in [0.1, 0.15) is 71.2 Å². The zero-order chi connectivity index (χ0) is 92.4. The number of nitrogens with two attached hydrogens (primary N) is 2. The Morgan fingerprint density at radius 2 is 1.18 bits per heavy atom. The molecule has 0 saturated heterocycles. The van der Waals surface area contributed by atoms with Gasteiger partial charge in [0, 0.05) is 62.7 Å². The summed E-state index contributed by atoms with van der Waals surface area (Å²) in [7, 11) is 0. The number of ketones is 2. The van der Waals surface area contributed by atoms with Crippen molar-refractivity contribution in [3.8, 4) is 5.75 Å². The number of aromatic nitrogens is 1. The van der Waals surface area contributed by atoms with Crippen LogP contribution in [-0.4, -0.2) is 222 Å². The summed E-state index contributed by atoms with van der Waals surface area (Å²) >= 11 is 0. The van der Waals surface area contributed by atoms with Crippen molar-refractivity contribution in [3.63, 3.8) is 0 Å². The summed E-state index contributed by atoms with van der Waals surface area (Å²) in [5.74, 6) is -18.0. The Morgan fingerprint density at radius 1 is 0.579 bits per heavy atom. The van der Waals surface area contributed by atoms with Crippen LogP contribution in [0.15, 0.2) is 97.2 Å². The number of Topliss-reactive ketones (excluding diaryl/α,β-unsaturated/α-hetero) is 2. The van der Waals surface area contributed by atoms with Crippen LogP contribution >= 0.6 is 0 Å². The second-order valence-electron chi connectivity index (χ2n) is 33.6. The monoisotopic (exact) mass is 1760 g/mol. The number of nitrogens with one attached hydrogen (secondary N) is 14. The number of para-hydroxylation sites is 1. The zero-order valence-corrected chi connectivity index (χ0v) is 72.5. The van der Waals surface area contributed by atoms with E-state index in [0.717, 1.165) is 6.42 Å². The number of hydrogen-bond donors (Lipinski definition) is 20. The van der Waals surface area contributed by atoms with Crippen LogP contribution in [0.1, 0.15) is 202 Å². The first kappa shape index (κ1) is 105. The Morgan fingerprint density at radius 3 is 1.79 bits per heavy atom. The highest BCUT2D eigenvalue weighted by atomic mass is 16.4. The molecule has 1 aromatic heterocycles. The molecule has 3 aromatic carbocycles. The topological polar surface area (TPSA) is 595 Å². The molecule has 2 aliphatic rings. The molecule has 1 saturated carbocycles. The van der Waals surface area contributed by atoms with Crippen molar-refractivity contribution in [1.29, 1.82) is 0 Å². The number of phenolic OH excluding ortho intramolecular Hbond substituents is 1. The van der Waals surface area contributed by atoms with Crippen molar-refractivity contribution in [2.75, 3.05) is 13.2 Å². The number of amides is 14. The number of carbonyl (C=O) groups excluding carboxylic acids is 16. The number of carbonyl (C=O) groups is 17. The van der Waals surface area contributed by atoms with Gasteiger partial charge in [0.2, 0.25) is 94.3 Å². The van der Waals surface area contributed by atoms with Crippen LogP contribution in [0.4, 0.5) is 0 Å². The first-order valence-electron chi connectivity index (χ1n) is 42.7. The average Bonchev–Trinajstić information content (AvgIpc) is 1.04. The molecule has 0 bridgehead atoms. The van der Waals surface area contributed by atoms with Crippen LogP contribution in [-0.2, 0) is 101 Å². The summed E-state index contributed by atoms with van der Waals surface area (Å²) in [5.41, 5.74) is 8.88. The normalized spacial score (nSPS) is 22.9. The summed E-state index contributed by atoms with van der Waals surface area (Å²) in [6.45, 7) is 11.3. The number of benzene rings is 3. The van der Waals surface area contributed by atoms with Gasteiger partial charge >= 0.3 is 5.97 Å². The molecule has 692 valence electrons. The van der Waals surface area contributed by atoms with Crippen molar-refractivity contribution in [1.82, 2.24) is 74.1 Å². The Balaban J connectivity index is 0.0000282. The van der Waals surface area contributed by atoms with E-state index >= 15 is 28.8 Å². The number of H-pyrrole nitrogens is 1. The number of aromatic hydroxyl groups is 1. The maximum Gasteiger partial charge on any atom is 0.303 e. The number of carboxylic acid groups (broad SMARTS) is 1. The molecule has 37 heteroatoms. The number of hydrogen-bond acceptors (Lipinski definition) is 21. The first-order chi connectivity index (χ1) is 59.1. The summed E-state index contributed by atoms with van der Waals surface area (Å²) in [6.07, 6.45) is 5.48. The van der Waals surface area contributed by atoms with Crippen molar-refractivity contribution in [2.24, 2.45) is 29.2 Å². The lowest BCUT2D eigenvalue weighted by Gasteiger charge is -2.35. The average molecular weight is 1760 g/mol. The number of carboxylic acids is 1. The van der Waals surface area contributed by atoms with Gasteiger partial charge in [-0.15, -0.1) is 0 Å². The van der Waals surface area contributed by atoms with Crippen molar-refractivity contribution in [3.05, 3.63) is 114 Å². The zero-order valence-electron chi connectivity index (χ0n) is 72.5. The number of aromatic amines is 1. The van der Waals surface area contributed by atoms with Crippen LogP contribution < -0.4 is 80.6 Å². The fourth-order valence-electron chi connectivity index (χ4n) is 14.6. The molecular weight excluding hydrogens is 1630 g/mol. The van der Waals surface area contributed by atoms with Gasteiger partial charge in [0.15, 0.2) is 0 Å². The van der Waals surface area contributed by atoms with E-state index in [4.69, 9.17) is 11.5 Å². The lowest BCUT2D eigenvalue weighted by molar-refractivity contribution is -0.140. The molecule has 15 atom stereocenters. The van der Waals surface area contributed by atoms with E-state index in [0.29, 0.717) is 72.5 Å². The van der Waals surface area contributed by atoms with E-state index in [1.165, 1.54) is 72.7 Å². The molecule has 4 aromatic rings. The third kappa shape index (κ3) is 33.5. The van der Waals surface area contributed by atoms with E-state index in [2.05, 4.69) is 74.1 Å². The van der Waals surface area contributed by atoms with E-state index < -0.39 is 222 Å². The number of aliphatic carboxylic acids is 1. The van der Waals surface area contributed by atoms with Gasteiger partial charge in [0.25, 0.3) is 0 Å². The lowest BCUT2D eigenvalue weighted by Crippen LogP contribution is -2.65. The molecule has 2 heterocycles. The molecular formula is C89H130N16O21. The molecule has 126 heavy (non-hydrogen) atoms. The maximum absolute atomic E-state index is 15.5. The molecule has 1 fully saturated rings. The minimum absolute atomic E-state index is 0. The second-order valence-corrected chi connectivity index (χ2v) is 33.6. The summed E-state index contributed by atoms with van der Waals surface area (Å²) in [5, 5.41) is 77.0. The molecule has 1 aliphatic heterocycles. The number of primary amides is 2. The third-order valence-electron chi connectivity index (χ3n) is 22.4. The van der Waals surface area contributed by atoms with Crippen LogP contribution in [0.5, 0.6) is 5.75 Å².